The quantitative estimate of drug-likeness (QED) is 0.590. The average Bonchev–Trinajstić information content (AvgIpc) is 3.05. The first-order chi connectivity index (χ1) is 10.5. The number of methoxy groups -OCH3 is 1. The molecule has 3 rings (SSSR count). The van der Waals surface area contributed by atoms with Crippen LogP contribution in [0.3, 0.4) is 0 Å². The van der Waals surface area contributed by atoms with Crippen LogP contribution >= 0.6 is 0 Å². The van der Waals surface area contributed by atoms with E-state index < -0.39 is 24.5 Å². The largest absolute Gasteiger partial charge is 0.394 e. The van der Waals surface area contributed by atoms with Crippen LogP contribution in [0.15, 0.2) is 11.1 Å². The average molecular weight is 311 g/mol. The normalized spacial score (nSPS) is 28.5. The van der Waals surface area contributed by atoms with Crippen molar-refractivity contribution in [3.63, 3.8) is 0 Å². The predicted octanol–water partition coefficient (Wildman–Crippen LogP) is -2.02. The van der Waals surface area contributed by atoms with Gasteiger partial charge in [0.25, 0.3) is 5.56 Å². The van der Waals surface area contributed by atoms with Gasteiger partial charge in [-0.2, -0.15) is 4.98 Å². The molecule has 2 aromatic heterocycles. The lowest BCUT2D eigenvalue weighted by molar-refractivity contribution is -0.0583. The van der Waals surface area contributed by atoms with Gasteiger partial charge in [-0.25, -0.2) is 4.98 Å². The van der Waals surface area contributed by atoms with Crippen LogP contribution in [0.5, 0.6) is 0 Å². The third-order valence-electron chi connectivity index (χ3n) is 3.88. The number of nitrogen functional groups attached to an aromatic ring is 1. The number of aliphatic hydroxyl groups excluding tert-OH is 2. The fourth-order valence-electron chi connectivity index (χ4n) is 2.60. The molecule has 0 radical (unpaired) electrons. The van der Waals surface area contributed by atoms with Crippen molar-refractivity contribution in [2.24, 2.45) is 7.05 Å². The second-order valence-corrected chi connectivity index (χ2v) is 5.10. The molecule has 1 aliphatic rings. The molecule has 0 spiro atoms. The zero-order valence-electron chi connectivity index (χ0n) is 12.1. The highest BCUT2D eigenvalue weighted by Gasteiger charge is 2.45. The monoisotopic (exact) mass is 311 g/mol. The van der Waals surface area contributed by atoms with Gasteiger partial charge in [-0.05, 0) is 0 Å². The van der Waals surface area contributed by atoms with Gasteiger partial charge < -0.3 is 25.4 Å². The molecule has 22 heavy (non-hydrogen) atoms. The number of hydrogen-bond donors (Lipinski definition) is 3. The minimum atomic E-state index is -1.01. The molecule has 0 unspecified atom stereocenters. The second kappa shape index (κ2) is 5.32. The molecule has 120 valence electrons. The van der Waals surface area contributed by atoms with E-state index in [4.69, 9.17) is 15.2 Å². The van der Waals surface area contributed by atoms with Crippen molar-refractivity contribution in [3.05, 3.63) is 16.7 Å². The number of nitrogens with two attached hydrogens (primary N) is 1. The number of imidazole rings is 1. The maximum Gasteiger partial charge on any atom is 0.282 e. The van der Waals surface area contributed by atoms with E-state index in [0.717, 1.165) is 0 Å². The Kier molecular flexibility index (Phi) is 3.60. The molecule has 0 bridgehead atoms. The van der Waals surface area contributed by atoms with E-state index >= 15 is 0 Å². The summed E-state index contributed by atoms with van der Waals surface area (Å²) in [5, 5.41) is 19.3. The van der Waals surface area contributed by atoms with Crippen LogP contribution in [0.2, 0.25) is 0 Å². The molecule has 0 saturated carbocycles. The van der Waals surface area contributed by atoms with Gasteiger partial charge in [0.15, 0.2) is 17.4 Å². The summed E-state index contributed by atoms with van der Waals surface area (Å²) in [6.07, 6.45) is -1.94. The molecular weight excluding hydrogens is 294 g/mol. The third-order valence-corrected chi connectivity index (χ3v) is 3.88. The first kappa shape index (κ1) is 14.9. The van der Waals surface area contributed by atoms with Gasteiger partial charge in [-0.15, -0.1) is 0 Å². The van der Waals surface area contributed by atoms with Crippen molar-refractivity contribution in [2.75, 3.05) is 19.5 Å². The van der Waals surface area contributed by atoms with Gasteiger partial charge in [0.1, 0.15) is 18.3 Å². The molecule has 3 heterocycles. The molecule has 2 aromatic rings. The Morgan fingerprint density at radius 2 is 2.27 bits per heavy atom. The molecule has 0 aromatic carbocycles. The molecule has 4 atom stereocenters. The van der Waals surface area contributed by atoms with Crippen molar-refractivity contribution in [1.29, 1.82) is 0 Å². The summed E-state index contributed by atoms with van der Waals surface area (Å²) in [7, 11) is 2.92. The van der Waals surface area contributed by atoms with Crippen LogP contribution < -0.4 is 11.3 Å². The van der Waals surface area contributed by atoms with Gasteiger partial charge >= 0.3 is 0 Å². The Hall–Kier alpha value is -2.01. The number of hydrogen-bond acceptors (Lipinski definition) is 8. The molecule has 10 nitrogen and oxygen atoms in total. The van der Waals surface area contributed by atoms with Gasteiger partial charge in [-0.1, -0.05) is 0 Å². The highest BCUT2D eigenvalue weighted by Crippen LogP contribution is 2.32. The Morgan fingerprint density at radius 3 is 2.91 bits per heavy atom. The Bertz CT molecular complexity index is 756. The van der Waals surface area contributed by atoms with Crippen molar-refractivity contribution in [3.8, 4) is 0 Å². The van der Waals surface area contributed by atoms with E-state index in [0.29, 0.717) is 0 Å². The van der Waals surface area contributed by atoms with Crippen molar-refractivity contribution < 1.29 is 19.7 Å². The highest BCUT2D eigenvalue weighted by molar-refractivity contribution is 5.71. The summed E-state index contributed by atoms with van der Waals surface area (Å²) in [6.45, 7) is -0.360. The zero-order chi connectivity index (χ0) is 16.0. The third kappa shape index (κ3) is 2.00. The Balaban J connectivity index is 2.13. The van der Waals surface area contributed by atoms with Crippen LogP contribution in [0.4, 0.5) is 5.95 Å². The maximum absolute atomic E-state index is 12.1. The number of ether oxygens (including phenoxy) is 2. The summed E-state index contributed by atoms with van der Waals surface area (Å²) in [6, 6.07) is 0. The van der Waals surface area contributed by atoms with Crippen molar-refractivity contribution in [1.82, 2.24) is 19.1 Å². The van der Waals surface area contributed by atoms with Crippen LogP contribution in [-0.2, 0) is 16.5 Å². The standard InChI is InChI=1S/C12H17N5O5/c1-16-10(20)6-9(15-12(16)13)17(4-14-6)11-8(21-2)7(19)5(3-18)22-11/h4-5,7-8,11,18-19H,3H2,1-2H3,(H2,13,15)/t5-,7+,8-,11-/m1/s1. The zero-order valence-corrected chi connectivity index (χ0v) is 12.1. The lowest BCUT2D eigenvalue weighted by Crippen LogP contribution is -2.34. The van der Waals surface area contributed by atoms with Crippen LogP contribution in [0.1, 0.15) is 6.23 Å². The number of rotatable bonds is 3. The molecule has 1 aliphatic heterocycles. The van der Waals surface area contributed by atoms with E-state index in [9.17, 15) is 15.0 Å². The van der Waals surface area contributed by atoms with Gasteiger partial charge in [0, 0.05) is 14.2 Å². The topological polar surface area (TPSA) is 138 Å². The van der Waals surface area contributed by atoms with Gasteiger partial charge in [0.2, 0.25) is 5.95 Å². The summed E-state index contributed by atoms with van der Waals surface area (Å²) in [4.78, 5) is 20.3. The van der Waals surface area contributed by atoms with Crippen LogP contribution in [-0.4, -0.2) is 61.3 Å². The van der Waals surface area contributed by atoms with E-state index in [2.05, 4.69) is 9.97 Å². The summed E-state index contributed by atoms with van der Waals surface area (Å²) in [5.74, 6) is 0.0328. The van der Waals surface area contributed by atoms with Crippen LogP contribution in [0.25, 0.3) is 11.2 Å². The van der Waals surface area contributed by atoms with E-state index in [1.54, 1.807) is 0 Å². The van der Waals surface area contributed by atoms with Gasteiger partial charge in [-0.3, -0.25) is 13.9 Å². The van der Waals surface area contributed by atoms with Crippen LogP contribution in [0, 0.1) is 0 Å². The van der Waals surface area contributed by atoms with E-state index in [-0.39, 0.29) is 29.3 Å². The highest BCUT2D eigenvalue weighted by atomic mass is 16.6. The first-order valence-corrected chi connectivity index (χ1v) is 6.65. The minimum absolute atomic E-state index is 0.0328. The number of aliphatic hydroxyl groups is 2. The first-order valence-electron chi connectivity index (χ1n) is 6.65. The van der Waals surface area contributed by atoms with Gasteiger partial charge in [0.05, 0.1) is 12.9 Å². The Labute approximate surface area is 124 Å². The maximum atomic E-state index is 12.1. The lowest BCUT2D eigenvalue weighted by atomic mass is 10.1. The number of fused-ring (bicyclic) bond motifs is 1. The lowest BCUT2D eigenvalue weighted by Gasteiger charge is -2.20. The molecule has 4 N–H and O–H groups in total. The predicted molar refractivity (Wildman–Crippen MR) is 75.0 cm³/mol. The molecule has 1 saturated heterocycles. The van der Waals surface area contributed by atoms with Crippen molar-refractivity contribution >= 4 is 17.1 Å². The number of aromatic nitrogens is 4. The SMILES string of the molecule is CO[C@@H]1[C@@H](O)[C@@H](CO)O[C@H]1n1cnc2c(=O)n(C)c(N)nc21. The van der Waals surface area contributed by atoms with Crippen molar-refractivity contribution in [2.45, 2.75) is 24.5 Å². The Morgan fingerprint density at radius 1 is 1.55 bits per heavy atom. The molecule has 0 aliphatic carbocycles. The summed E-state index contributed by atoms with van der Waals surface area (Å²) >= 11 is 0. The molecule has 0 amide bonds. The fraction of sp³-hybridized carbons (Fsp3) is 0.583. The molecule has 10 heteroatoms. The van der Waals surface area contributed by atoms with E-state index in [1.165, 1.54) is 29.6 Å². The summed E-state index contributed by atoms with van der Waals surface area (Å²) < 4.78 is 13.5. The smallest absolute Gasteiger partial charge is 0.282 e. The second-order valence-electron chi connectivity index (χ2n) is 5.10. The number of anilines is 1. The molecule has 1 fully saturated rings. The number of nitrogens with zero attached hydrogens (tertiary/aromatic N) is 4. The molecular formula is C12H17N5O5. The fourth-order valence-corrected chi connectivity index (χ4v) is 2.60. The minimum Gasteiger partial charge on any atom is -0.394 e. The summed E-state index contributed by atoms with van der Waals surface area (Å²) in [5.41, 5.74) is 5.70. The van der Waals surface area contributed by atoms with E-state index in [1.807, 2.05) is 0 Å².